The van der Waals surface area contributed by atoms with Crippen molar-refractivity contribution < 1.29 is 18.5 Å². The highest BCUT2D eigenvalue weighted by Gasteiger charge is 2.13. The summed E-state index contributed by atoms with van der Waals surface area (Å²) >= 11 is -1.68. The molecule has 5 heteroatoms. The Morgan fingerprint density at radius 2 is 2.11 bits per heavy atom. The third-order valence-corrected chi connectivity index (χ3v) is 3.34. The van der Waals surface area contributed by atoms with E-state index in [0.717, 1.165) is 11.6 Å². The number of rotatable bonds is 6. The standard InChI is InChI=1S/C13H15FO3S/c1-11(15)17-9-7-13(14)18(16)10-8-12-5-3-2-4-6-12/h2-7H,8-10H2,1H3. The van der Waals surface area contributed by atoms with Crippen LogP contribution in [0.3, 0.4) is 0 Å². The SMILES string of the molecule is CC(=O)OCC=C(F)[S+]([O-])CCc1ccccc1. The Labute approximate surface area is 109 Å². The molecule has 1 unspecified atom stereocenters. The second kappa shape index (κ2) is 7.89. The molecule has 0 N–H and O–H groups in total. The molecule has 0 amide bonds. The van der Waals surface area contributed by atoms with Crippen molar-refractivity contribution in [3.8, 4) is 0 Å². The maximum atomic E-state index is 13.3. The van der Waals surface area contributed by atoms with Crippen molar-refractivity contribution in [2.75, 3.05) is 12.4 Å². The molecular formula is C13H15FO3S. The van der Waals surface area contributed by atoms with Crippen molar-refractivity contribution >= 4 is 17.1 Å². The highest BCUT2D eigenvalue weighted by Crippen LogP contribution is 2.11. The number of ether oxygens (including phenoxy) is 1. The second-order valence-corrected chi connectivity index (χ2v) is 5.09. The zero-order chi connectivity index (χ0) is 13.4. The zero-order valence-corrected chi connectivity index (χ0v) is 10.9. The molecular weight excluding hydrogens is 255 g/mol. The summed E-state index contributed by atoms with van der Waals surface area (Å²) in [5.74, 6) is -0.277. The van der Waals surface area contributed by atoms with Crippen LogP contribution in [0.2, 0.25) is 0 Å². The van der Waals surface area contributed by atoms with Crippen LogP contribution < -0.4 is 0 Å². The van der Waals surface area contributed by atoms with Crippen LogP contribution in [-0.2, 0) is 27.1 Å². The first-order chi connectivity index (χ1) is 8.59. The minimum atomic E-state index is -1.68. The third kappa shape index (κ3) is 5.84. The fourth-order valence-electron chi connectivity index (χ4n) is 1.27. The number of benzene rings is 1. The predicted molar refractivity (Wildman–Crippen MR) is 69.0 cm³/mol. The number of hydrogen-bond donors (Lipinski definition) is 0. The van der Waals surface area contributed by atoms with Crippen molar-refractivity contribution in [2.24, 2.45) is 0 Å². The quantitative estimate of drug-likeness (QED) is 0.589. The minimum absolute atomic E-state index is 0.182. The van der Waals surface area contributed by atoms with Gasteiger partial charge in [0.2, 0.25) is 0 Å². The van der Waals surface area contributed by atoms with Crippen LogP contribution in [-0.4, -0.2) is 22.9 Å². The average Bonchev–Trinajstić information content (AvgIpc) is 2.36. The van der Waals surface area contributed by atoms with Gasteiger partial charge in [0.15, 0.2) is 0 Å². The molecule has 0 heterocycles. The van der Waals surface area contributed by atoms with E-state index >= 15 is 0 Å². The largest absolute Gasteiger partial charge is 0.610 e. The van der Waals surface area contributed by atoms with Gasteiger partial charge in [0.1, 0.15) is 12.4 Å². The van der Waals surface area contributed by atoms with Crippen molar-refractivity contribution in [1.82, 2.24) is 0 Å². The lowest BCUT2D eigenvalue weighted by atomic mass is 10.2. The zero-order valence-electron chi connectivity index (χ0n) is 10.1. The molecule has 0 aliphatic heterocycles. The maximum Gasteiger partial charge on any atom is 0.302 e. The molecule has 0 saturated heterocycles. The number of hydrogen-bond acceptors (Lipinski definition) is 3. The van der Waals surface area contributed by atoms with Gasteiger partial charge in [-0.2, -0.15) is 4.39 Å². The molecule has 0 aliphatic carbocycles. The normalized spacial score (nSPS) is 13.2. The summed E-state index contributed by atoms with van der Waals surface area (Å²) in [6.07, 6.45) is 1.57. The number of halogens is 1. The maximum absolute atomic E-state index is 13.3. The molecule has 0 spiro atoms. The van der Waals surface area contributed by atoms with E-state index in [0.29, 0.717) is 6.42 Å². The van der Waals surface area contributed by atoms with Gasteiger partial charge in [-0.15, -0.1) is 0 Å². The van der Waals surface area contributed by atoms with Crippen molar-refractivity contribution in [2.45, 2.75) is 13.3 Å². The van der Waals surface area contributed by atoms with Crippen molar-refractivity contribution in [1.29, 1.82) is 0 Å². The van der Waals surface area contributed by atoms with Crippen LogP contribution in [0.4, 0.5) is 4.39 Å². The van der Waals surface area contributed by atoms with Crippen LogP contribution in [0.15, 0.2) is 41.6 Å². The van der Waals surface area contributed by atoms with E-state index in [-0.39, 0.29) is 12.4 Å². The van der Waals surface area contributed by atoms with E-state index in [1.165, 1.54) is 6.92 Å². The van der Waals surface area contributed by atoms with Gasteiger partial charge in [-0.3, -0.25) is 4.79 Å². The smallest absolute Gasteiger partial charge is 0.302 e. The van der Waals surface area contributed by atoms with Gasteiger partial charge in [0, 0.05) is 30.6 Å². The van der Waals surface area contributed by atoms with Gasteiger partial charge in [-0.25, -0.2) is 0 Å². The molecule has 1 atom stereocenters. The van der Waals surface area contributed by atoms with E-state index in [1.54, 1.807) is 0 Å². The Bertz CT molecular complexity index is 406. The molecule has 1 rings (SSSR count). The molecule has 0 aliphatic rings. The lowest BCUT2D eigenvalue weighted by Gasteiger charge is -2.07. The van der Waals surface area contributed by atoms with Gasteiger partial charge in [-0.05, 0) is 5.56 Å². The number of carbonyl (C=O) groups is 1. The first-order valence-corrected chi connectivity index (χ1v) is 6.83. The summed E-state index contributed by atoms with van der Waals surface area (Å²) in [7, 11) is 0. The predicted octanol–water partition coefficient (Wildman–Crippen LogP) is 2.35. The first kappa shape index (κ1) is 14.7. The molecule has 0 radical (unpaired) electrons. The number of aryl methyl sites for hydroxylation is 1. The van der Waals surface area contributed by atoms with Crippen LogP contribution in [0, 0.1) is 0 Å². The second-order valence-electron chi connectivity index (χ2n) is 3.60. The summed E-state index contributed by atoms with van der Waals surface area (Å²) in [5.41, 5.74) is 1.01. The van der Waals surface area contributed by atoms with Gasteiger partial charge >= 0.3 is 5.97 Å². The Kier molecular flexibility index (Phi) is 6.46. The number of carbonyl (C=O) groups excluding carboxylic acids is 1. The fraction of sp³-hybridized carbons (Fsp3) is 0.308. The summed E-state index contributed by atoms with van der Waals surface area (Å²) in [4.78, 5) is 10.5. The Morgan fingerprint density at radius 3 is 2.72 bits per heavy atom. The van der Waals surface area contributed by atoms with E-state index < -0.39 is 22.3 Å². The van der Waals surface area contributed by atoms with E-state index in [4.69, 9.17) is 0 Å². The van der Waals surface area contributed by atoms with Crippen LogP contribution >= 0.6 is 0 Å². The lowest BCUT2D eigenvalue weighted by Crippen LogP contribution is -2.10. The van der Waals surface area contributed by atoms with Gasteiger partial charge in [0.05, 0.1) is 0 Å². The average molecular weight is 270 g/mol. The van der Waals surface area contributed by atoms with E-state index in [1.807, 2.05) is 30.3 Å². The highest BCUT2D eigenvalue weighted by atomic mass is 32.2. The molecule has 1 aromatic carbocycles. The summed E-state index contributed by atoms with van der Waals surface area (Å²) < 4.78 is 29.4. The minimum Gasteiger partial charge on any atom is -0.610 e. The Morgan fingerprint density at radius 1 is 1.44 bits per heavy atom. The third-order valence-electron chi connectivity index (χ3n) is 2.17. The Hall–Kier alpha value is -1.33. The summed E-state index contributed by atoms with van der Waals surface area (Å²) in [6.45, 7) is 1.05. The van der Waals surface area contributed by atoms with Crippen LogP contribution in [0.1, 0.15) is 12.5 Å². The first-order valence-electron chi connectivity index (χ1n) is 5.51. The molecule has 0 bridgehead atoms. The van der Waals surface area contributed by atoms with Crippen molar-refractivity contribution in [3.05, 3.63) is 47.1 Å². The van der Waals surface area contributed by atoms with Crippen LogP contribution in [0.25, 0.3) is 0 Å². The van der Waals surface area contributed by atoms with Gasteiger partial charge < -0.3 is 9.29 Å². The van der Waals surface area contributed by atoms with Gasteiger partial charge in [-0.1, -0.05) is 30.3 Å². The summed E-state index contributed by atoms with van der Waals surface area (Å²) in [6, 6.07) is 9.45. The van der Waals surface area contributed by atoms with Crippen LogP contribution in [0.5, 0.6) is 0 Å². The number of esters is 1. The lowest BCUT2D eigenvalue weighted by molar-refractivity contribution is -0.139. The molecule has 1 aromatic rings. The van der Waals surface area contributed by atoms with E-state index in [2.05, 4.69) is 4.74 Å². The topological polar surface area (TPSA) is 49.4 Å². The fourth-order valence-corrected chi connectivity index (χ4v) is 2.14. The molecule has 0 aromatic heterocycles. The van der Waals surface area contributed by atoms with Crippen molar-refractivity contribution in [3.63, 3.8) is 0 Å². The van der Waals surface area contributed by atoms with Gasteiger partial charge in [0.25, 0.3) is 5.16 Å². The monoisotopic (exact) mass is 270 g/mol. The molecule has 0 saturated carbocycles. The van der Waals surface area contributed by atoms with E-state index in [9.17, 15) is 13.7 Å². The molecule has 98 valence electrons. The molecule has 18 heavy (non-hydrogen) atoms. The molecule has 3 nitrogen and oxygen atoms in total. The highest BCUT2D eigenvalue weighted by molar-refractivity contribution is 7.95. The molecule has 0 fully saturated rings. The Balaban J connectivity index is 2.35. The summed E-state index contributed by atoms with van der Waals surface area (Å²) in [5, 5.41) is -0.743.